The molecule has 0 radical (unpaired) electrons. The van der Waals surface area contributed by atoms with Gasteiger partial charge in [-0.3, -0.25) is 0 Å². The highest BCUT2D eigenvalue weighted by Crippen LogP contribution is 2.38. The molecular weight excluding hydrogens is 398 g/mol. The predicted octanol–water partition coefficient (Wildman–Crippen LogP) is 3.19. The molecule has 0 aromatic heterocycles. The number of fused-ring (bicyclic) bond motifs is 1. The summed E-state index contributed by atoms with van der Waals surface area (Å²) in [5, 5.41) is 10.5. The maximum Gasteiger partial charge on any atom is 0.231 e. The van der Waals surface area contributed by atoms with Gasteiger partial charge in [-0.15, -0.1) is 0 Å². The van der Waals surface area contributed by atoms with E-state index in [0.29, 0.717) is 24.0 Å². The van der Waals surface area contributed by atoms with Gasteiger partial charge in [-0.1, -0.05) is 6.07 Å². The largest absolute Gasteiger partial charge is 0.497 e. The molecule has 2 aliphatic rings. The first-order valence-corrected chi connectivity index (χ1v) is 10.8. The van der Waals surface area contributed by atoms with Crippen LogP contribution in [0.1, 0.15) is 12.8 Å². The summed E-state index contributed by atoms with van der Waals surface area (Å²) in [4.78, 5) is 2.30. The van der Waals surface area contributed by atoms with Crippen molar-refractivity contribution < 1.29 is 28.8 Å². The molecule has 2 heterocycles. The van der Waals surface area contributed by atoms with Gasteiger partial charge in [0.1, 0.15) is 24.2 Å². The number of rotatable bonds is 9. The van der Waals surface area contributed by atoms with Crippen molar-refractivity contribution in [3.63, 3.8) is 0 Å². The summed E-state index contributed by atoms with van der Waals surface area (Å²) in [7, 11) is 3.38. The van der Waals surface area contributed by atoms with Crippen LogP contribution in [0.15, 0.2) is 36.4 Å². The molecule has 0 saturated carbocycles. The zero-order valence-electron chi connectivity index (χ0n) is 18.2. The number of ether oxygens (including phenoxy) is 5. The zero-order valence-corrected chi connectivity index (χ0v) is 18.2. The Hall–Kier alpha value is -2.48. The number of hydrogen-bond acceptors (Lipinski definition) is 7. The van der Waals surface area contributed by atoms with E-state index in [1.54, 1.807) is 14.2 Å². The Bertz CT molecular complexity index is 865. The number of likely N-dealkylation sites (tertiary alicyclic amines) is 1. The van der Waals surface area contributed by atoms with Crippen molar-refractivity contribution in [2.24, 2.45) is 5.92 Å². The van der Waals surface area contributed by atoms with Crippen molar-refractivity contribution in [1.29, 1.82) is 0 Å². The topological polar surface area (TPSA) is 69.6 Å². The minimum Gasteiger partial charge on any atom is -0.497 e. The number of β-amino-alcohol motifs (C(OH)–C–C–N with tert-alkyl or cyclic N) is 1. The number of nitrogens with zero attached hydrogens (tertiary/aromatic N) is 1. The Morgan fingerprint density at radius 3 is 2.55 bits per heavy atom. The number of aliphatic hydroxyl groups is 1. The second-order valence-electron chi connectivity index (χ2n) is 8.13. The van der Waals surface area contributed by atoms with Crippen molar-refractivity contribution in [1.82, 2.24) is 4.90 Å². The van der Waals surface area contributed by atoms with Crippen molar-refractivity contribution in [3.8, 4) is 34.1 Å². The molecule has 0 bridgehead atoms. The molecule has 1 N–H and O–H groups in total. The Kier molecular flexibility index (Phi) is 7.17. The van der Waals surface area contributed by atoms with Gasteiger partial charge in [0.15, 0.2) is 11.5 Å². The molecule has 0 spiro atoms. The van der Waals surface area contributed by atoms with Crippen LogP contribution in [0.4, 0.5) is 0 Å². The van der Waals surface area contributed by atoms with Crippen LogP contribution in [-0.2, 0) is 4.74 Å². The zero-order chi connectivity index (χ0) is 21.6. The predicted molar refractivity (Wildman–Crippen MR) is 117 cm³/mol. The van der Waals surface area contributed by atoms with Gasteiger partial charge in [0.05, 0.1) is 7.11 Å². The lowest BCUT2D eigenvalue weighted by atomic mass is 9.97. The van der Waals surface area contributed by atoms with Crippen molar-refractivity contribution in [2.75, 3.05) is 53.9 Å². The van der Waals surface area contributed by atoms with Crippen molar-refractivity contribution in [3.05, 3.63) is 36.4 Å². The standard InChI is InChI=1S/C24H31NO6/c1-27-14-17-5-7-25(8-6-17)13-20(26)15-29-22-10-19(9-21(12-22)28-2)18-3-4-23-24(11-18)31-16-30-23/h3-4,9-12,17,20,26H,5-8,13-16H2,1-2H3. The Labute approximate surface area is 183 Å². The van der Waals surface area contributed by atoms with E-state index in [0.717, 1.165) is 55.2 Å². The van der Waals surface area contributed by atoms with Crippen LogP contribution in [-0.4, -0.2) is 70.0 Å². The van der Waals surface area contributed by atoms with Crippen molar-refractivity contribution in [2.45, 2.75) is 18.9 Å². The molecular formula is C24H31NO6. The third-order valence-electron chi connectivity index (χ3n) is 5.84. The van der Waals surface area contributed by atoms with Crippen molar-refractivity contribution >= 4 is 0 Å². The Morgan fingerprint density at radius 1 is 1.00 bits per heavy atom. The number of hydrogen-bond donors (Lipinski definition) is 1. The van der Waals surface area contributed by atoms with E-state index in [2.05, 4.69) is 4.90 Å². The second-order valence-corrected chi connectivity index (χ2v) is 8.13. The summed E-state index contributed by atoms with van der Waals surface area (Å²) in [6.45, 7) is 3.87. The van der Waals surface area contributed by atoms with Gasteiger partial charge in [0, 0.05) is 26.3 Å². The molecule has 2 aromatic rings. The molecule has 1 unspecified atom stereocenters. The van der Waals surface area contributed by atoms with Gasteiger partial charge in [-0.05, 0) is 67.2 Å². The average molecular weight is 430 g/mol. The monoisotopic (exact) mass is 429 g/mol. The summed E-state index contributed by atoms with van der Waals surface area (Å²) in [6, 6.07) is 11.6. The average Bonchev–Trinajstić information content (AvgIpc) is 3.27. The fourth-order valence-corrected chi connectivity index (χ4v) is 4.13. The van der Waals surface area contributed by atoms with E-state index in [4.69, 9.17) is 23.7 Å². The van der Waals surface area contributed by atoms with Crippen LogP contribution < -0.4 is 18.9 Å². The fourth-order valence-electron chi connectivity index (χ4n) is 4.13. The first-order chi connectivity index (χ1) is 15.1. The maximum atomic E-state index is 10.5. The summed E-state index contributed by atoms with van der Waals surface area (Å²) >= 11 is 0. The van der Waals surface area contributed by atoms with E-state index in [9.17, 15) is 5.11 Å². The molecule has 2 aliphatic heterocycles. The quantitative estimate of drug-likeness (QED) is 0.657. The minimum atomic E-state index is -0.556. The van der Waals surface area contributed by atoms with Crippen LogP contribution in [0.25, 0.3) is 11.1 Å². The third kappa shape index (κ3) is 5.61. The molecule has 2 aromatic carbocycles. The molecule has 0 amide bonds. The van der Waals surface area contributed by atoms with Gasteiger partial charge >= 0.3 is 0 Å². The van der Waals surface area contributed by atoms with Gasteiger partial charge in [-0.25, -0.2) is 0 Å². The SMILES string of the molecule is COCC1CCN(CC(O)COc2cc(OC)cc(-c3ccc4c(c3)OCO4)c2)CC1. The lowest BCUT2D eigenvalue weighted by Gasteiger charge is -2.32. The van der Waals surface area contributed by atoms with Gasteiger partial charge in [-0.2, -0.15) is 0 Å². The molecule has 7 heteroatoms. The van der Waals surface area contributed by atoms with Crippen LogP contribution in [0.2, 0.25) is 0 Å². The summed E-state index contributed by atoms with van der Waals surface area (Å²) in [6.07, 6.45) is 1.66. The van der Waals surface area contributed by atoms with Crippen LogP contribution in [0.5, 0.6) is 23.0 Å². The van der Waals surface area contributed by atoms with Gasteiger partial charge < -0.3 is 33.7 Å². The van der Waals surface area contributed by atoms with E-state index in [1.807, 2.05) is 36.4 Å². The van der Waals surface area contributed by atoms with E-state index in [1.165, 1.54) is 0 Å². The lowest BCUT2D eigenvalue weighted by molar-refractivity contribution is 0.0440. The smallest absolute Gasteiger partial charge is 0.231 e. The molecule has 168 valence electrons. The summed E-state index contributed by atoms with van der Waals surface area (Å²) in [5.41, 5.74) is 1.93. The second kappa shape index (κ2) is 10.2. The molecule has 31 heavy (non-hydrogen) atoms. The Morgan fingerprint density at radius 2 is 1.77 bits per heavy atom. The first kappa shape index (κ1) is 21.7. The molecule has 0 aliphatic carbocycles. The highest BCUT2D eigenvalue weighted by molar-refractivity contribution is 5.70. The van der Waals surface area contributed by atoms with Gasteiger partial charge in [0.2, 0.25) is 6.79 Å². The molecule has 1 atom stereocenters. The maximum absolute atomic E-state index is 10.5. The van der Waals surface area contributed by atoms with E-state index in [-0.39, 0.29) is 13.4 Å². The number of benzene rings is 2. The highest BCUT2D eigenvalue weighted by Gasteiger charge is 2.21. The number of aliphatic hydroxyl groups excluding tert-OH is 1. The number of methoxy groups -OCH3 is 2. The normalized spacial score (nSPS) is 17.5. The van der Waals surface area contributed by atoms with Gasteiger partial charge in [0.25, 0.3) is 0 Å². The third-order valence-corrected chi connectivity index (χ3v) is 5.84. The van der Waals surface area contributed by atoms with Crippen LogP contribution >= 0.6 is 0 Å². The lowest BCUT2D eigenvalue weighted by Crippen LogP contribution is -2.41. The number of piperidine rings is 1. The summed E-state index contributed by atoms with van der Waals surface area (Å²) in [5.74, 6) is 3.45. The van der Waals surface area contributed by atoms with E-state index < -0.39 is 6.10 Å². The molecule has 7 nitrogen and oxygen atoms in total. The summed E-state index contributed by atoms with van der Waals surface area (Å²) < 4.78 is 27.5. The molecule has 1 saturated heterocycles. The molecule has 1 fully saturated rings. The molecule has 4 rings (SSSR count). The van der Waals surface area contributed by atoms with E-state index >= 15 is 0 Å². The Balaban J connectivity index is 1.35. The van der Waals surface area contributed by atoms with Crippen LogP contribution in [0, 0.1) is 5.92 Å². The highest BCUT2D eigenvalue weighted by atomic mass is 16.7. The minimum absolute atomic E-state index is 0.228. The van der Waals surface area contributed by atoms with Crippen LogP contribution in [0.3, 0.4) is 0 Å². The first-order valence-electron chi connectivity index (χ1n) is 10.8. The fraction of sp³-hybridized carbons (Fsp3) is 0.500.